The van der Waals surface area contributed by atoms with Crippen LogP contribution >= 0.6 is 11.6 Å². The molecule has 1 unspecified atom stereocenters. The van der Waals surface area contributed by atoms with Gasteiger partial charge in [0.2, 0.25) is 0 Å². The summed E-state index contributed by atoms with van der Waals surface area (Å²) in [5, 5.41) is 3.10. The van der Waals surface area contributed by atoms with Crippen molar-refractivity contribution in [3.05, 3.63) is 75.7 Å². The molecule has 0 aliphatic carbocycles. The molecule has 0 aliphatic rings. The Labute approximate surface area is 166 Å². The van der Waals surface area contributed by atoms with Crippen LogP contribution in [0.25, 0.3) is 0 Å². The number of halogens is 3. The van der Waals surface area contributed by atoms with Crippen molar-refractivity contribution in [2.24, 2.45) is 0 Å². The highest BCUT2D eigenvalue weighted by atomic mass is 35.5. The number of aromatic amines is 1. The maximum absolute atomic E-state index is 13.6. The molecule has 3 rings (SSSR count). The Hall–Kier alpha value is -2.45. The van der Waals surface area contributed by atoms with Gasteiger partial charge < -0.3 is 10.3 Å². The molecule has 1 heterocycles. The van der Waals surface area contributed by atoms with E-state index < -0.39 is 21.7 Å². The van der Waals surface area contributed by atoms with E-state index in [0.717, 1.165) is 6.26 Å². The van der Waals surface area contributed by atoms with E-state index in [-0.39, 0.29) is 15.9 Å². The second kappa shape index (κ2) is 7.52. The zero-order valence-corrected chi connectivity index (χ0v) is 16.9. The predicted molar refractivity (Wildman–Crippen MR) is 104 cm³/mol. The smallest absolute Gasteiger partial charge is 0.192 e. The summed E-state index contributed by atoms with van der Waals surface area (Å²) in [4.78, 5) is 7.16. The van der Waals surface area contributed by atoms with Gasteiger partial charge in [0.15, 0.2) is 14.9 Å². The number of rotatable bonds is 5. The molecule has 2 aromatic carbocycles. The normalized spacial score (nSPS) is 12.8. The van der Waals surface area contributed by atoms with Gasteiger partial charge in [-0.3, -0.25) is 0 Å². The third-order valence-corrected chi connectivity index (χ3v) is 5.68. The number of aryl methyl sites for hydroxylation is 2. The molecule has 9 heteroatoms. The lowest BCUT2D eigenvalue weighted by Gasteiger charge is -2.19. The van der Waals surface area contributed by atoms with Gasteiger partial charge in [0.25, 0.3) is 0 Å². The lowest BCUT2D eigenvalue weighted by molar-refractivity contribution is 0.597. The fourth-order valence-corrected chi connectivity index (χ4v) is 3.93. The first-order chi connectivity index (χ1) is 13.1. The quantitative estimate of drug-likeness (QED) is 0.628. The van der Waals surface area contributed by atoms with Gasteiger partial charge in [0, 0.05) is 11.9 Å². The van der Waals surface area contributed by atoms with E-state index in [0.29, 0.717) is 28.3 Å². The molecule has 0 radical (unpaired) electrons. The number of sulfone groups is 1. The molecule has 28 heavy (non-hydrogen) atoms. The summed E-state index contributed by atoms with van der Waals surface area (Å²) in [6, 6.07) is 7.99. The van der Waals surface area contributed by atoms with Crippen LogP contribution in [0.1, 0.15) is 28.7 Å². The van der Waals surface area contributed by atoms with Crippen LogP contribution in [-0.4, -0.2) is 24.6 Å². The number of nitrogens with zero attached hydrogens (tertiary/aromatic N) is 1. The number of H-pyrrole nitrogens is 1. The van der Waals surface area contributed by atoms with Crippen LogP contribution < -0.4 is 5.32 Å². The maximum atomic E-state index is 13.6. The maximum Gasteiger partial charge on any atom is 0.192 e. The van der Waals surface area contributed by atoms with Gasteiger partial charge in [-0.1, -0.05) is 17.7 Å². The summed E-state index contributed by atoms with van der Waals surface area (Å²) >= 11 is 5.92. The van der Waals surface area contributed by atoms with Crippen molar-refractivity contribution in [1.29, 1.82) is 0 Å². The van der Waals surface area contributed by atoms with E-state index in [4.69, 9.17) is 11.6 Å². The van der Waals surface area contributed by atoms with Gasteiger partial charge in [0.05, 0.1) is 10.7 Å². The Morgan fingerprint density at radius 1 is 1.11 bits per heavy atom. The number of hydrogen-bond donors (Lipinski definition) is 2. The van der Waals surface area contributed by atoms with Crippen molar-refractivity contribution < 1.29 is 17.2 Å². The van der Waals surface area contributed by atoms with Crippen LogP contribution in [0.4, 0.5) is 14.5 Å². The summed E-state index contributed by atoms with van der Waals surface area (Å²) in [6.45, 7) is 3.20. The lowest BCUT2D eigenvalue weighted by Crippen LogP contribution is -2.15. The van der Waals surface area contributed by atoms with Crippen molar-refractivity contribution >= 4 is 27.1 Å². The molecule has 1 aromatic heterocycles. The summed E-state index contributed by atoms with van der Waals surface area (Å²) in [6.07, 6.45) is 1.08. The minimum Gasteiger partial charge on any atom is -0.372 e. The minimum atomic E-state index is -3.51. The number of benzene rings is 2. The van der Waals surface area contributed by atoms with E-state index >= 15 is 0 Å². The summed E-state index contributed by atoms with van der Waals surface area (Å²) in [5.74, 6) is -0.614. The summed E-state index contributed by atoms with van der Waals surface area (Å²) in [7, 11) is -3.51. The molecule has 0 saturated carbocycles. The zero-order chi connectivity index (χ0) is 20.6. The van der Waals surface area contributed by atoms with Crippen molar-refractivity contribution in [2.45, 2.75) is 24.9 Å². The Kier molecular flexibility index (Phi) is 5.45. The van der Waals surface area contributed by atoms with E-state index in [1.54, 1.807) is 26.0 Å². The fraction of sp³-hybridized carbons (Fsp3) is 0.211. The van der Waals surface area contributed by atoms with Crippen molar-refractivity contribution in [1.82, 2.24) is 9.97 Å². The number of anilines is 1. The van der Waals surface area contributed by atoms with Crippen LogP contribution in [-0.2, 0) is 9.84 Å². The minimum absolute atomic E-state index is 0.00204. The van der Waals surface area contributed by atoms with Gasteiger partial charge in [0.1, 0.15) is 23.5 Å². The molecule has 0 spiro atoms. The highest BCUT2D eigenvalue weighted by Crippen LogP contribution is 2.30. The Morgan fingerprint density at radius 2 is 1.79 bits per heavy atom. The first kappa shape index (κ1) is 20.3. The zero-order valence-electron chi connectivity index (χ0n) is 15.3. The number of aromatic nitrogens is 2. The molecule has 0 saturated heterocycles. The van der Waals surface area contributed by atoms with Gasteiger partial charge in [-0.2, -0.15) is 0 Å². The third-order valence-electron chi connectivity index (χ3n) is 4.25. The summed E-state index contributed by atoms with van der Waals surface area (Å²) in [5.41, 5.74) is 1.89. The standard InChI is InChI=1S/C19H18ClF2N3O2S/c1-10-8-13(5-7-15(10)21)24-17(12-4-6-16(22)14(20)9-12)18-23-11(2)19(25-18)28(3,26)27/h4-9,17,24H,1-3H3,(H,23,25). The van der Waals surface area contributed by atoms with E-state index in [9.17, 15) is 17.2 Å². The van der Waals surface area contributed by atoms with Gasteiger partial charge in [-0.05, 0) is 55.3 Å². The molecule has 0 amide bonds. The molecule has 0 fully saturated rings. The third kappa shape index (κ3) is 4.18. The first-order valence-corrected chi connectivity index (χ1v) is 10.6. The molecule has 1 atom stereocenters. The van der Waals surface area contributed by atoms with Crippen LogP contribution in [0.3, 0.4) is 0 Å². The van der Waals surface area contributed by atoms with Crippen molar-refractivity contribution in [3.63, 3.8) is 0 Å². The number of nitrogens with one attached hydrogen (secondary N) is 2. The Bertz CT molecular complexity index is 1150. The number of imidazole rings is 1. The highest BCUT2D eigenvalue weighted by Gasteiger charge is 2.24. The SMILES string of the molecule is Cc1cc(NC(c2ccc(F)c(Cl)c2)c2nc(C)c(S(C)(=O)=O)[nH]2)ccc1F. The second-order valence-electron chi connectivity index (χ2n) is 6.52. The van der Waals surface area contributed by atoms with Crippen LogP contribution in [0.5, 0.6) is 0 Å². The molecule has 5 nitrogen and oxygen atoms in total. The van der Waals surface area contributed by atoms with E-state index in [2.05, 4.69) is 15.3 Å². The monoisotopic (exact) mass is 425 g/mol. The predicted octanol–water partition coefficient (Wildman–Crippen LogP) is 4.56. The summed E-state index contributed by atoms with van der Waals surface area (Å²) < 4.78 is 51.1. The molecule has 0 aliphatic heterocycles. The fourth-order valence-electron chi connectivity index (χ4n) is 2.87. The molecular weight excluding hydrogens is 408 g/mol. The highest BCUT2D eigenvalue weighted by molar-refractivity contribution is 7.90. The average molecular weight is 426 g/mol. The van der Waals surface area contributed by atoms with Crippen LogP contribution in [0, 0.1) is 25.5 Å². The largest absolute Gasteiger partial charge is 0.372 e. The van der Waals surface area contributed by atoms with Crippen molar-refractivity contribution in [3.8, 4) is 0 Å². The molecule has 0 bridgehead atoms. The Balaban J connectivity index is 2.11. The molecule has 148 valence electrons. The van der Waals surface area contributed by atoms with Crippen LogP contribution in [0.2, 0.25) is 5.02 Å². The second-order valence-corrected chi connectivity index (χ2v) is 8.88. The average Bonchev–Trinajstić information content (AvgIpc) is 3.00. The lowest BCUT2D eigenvalue weighted by atomic mass is 10.1. The topological polar surface area (TPSA) is 74.8 Å². The van der Waals surface area contributed by atoms with Crippen molar-refractivity contribution in [2.75, 3.05) is 11.6 Å². The number of hydrogen-bond acceptors (Lipinski definition) is 4. The molecular formula is C19H18ClF2N3O2S. The van der Waals surface area contributed by atoms with E-state index in [1.807, 2.05) is 0 Å². The van der Waals surface area contributed by atoms with Gasteiger partial charge in [-0.15, -0.1) is 0 Å². The van der Waals surface area contributed by atoms with Gasteiger partial charge >= 0.3 is 0 Å². The molecule has 2 N–H and O–H groups in total. The molecule has 3 aromatic rings. The Morgan fingerprint density at radius 3 is 2.36 bits per heavy atom. The van der Waals surface area contributed by atoms with Crippen LogP contribution in [0.15, 0.2) is 41.4 Å². The van der Waals surface area contributed by atoms with E-state index in [1.165, 1.54) is 24.3 Å². The van der Waals surface area contributed by atoms with Gasteiger partial charge in [-0.25, -0.2) is 22.2 Å². The first-order valence-electron chi connectivity index (χ1n) is 8.30.